The molecule has 0 saturated heterocycles. The van der Waals surface area contributed by atoms with E-state index in [0.29, 0.717) is 4.88 Å². The molecule has 1 aliphatic carbocycles. The molecule has 3 rings (SSSR count). The lowest BCUT2D eigenvalue weighted by atomic mass is 10.1. The van der Waals surface area contributed by atoms with Crippen LogP contribution in [0, 0.1) is 0 Å². The summed E-state index contributed by atoms with van der Waals surface area (Å²) in [7, 11) is 0. The molecule has 116 valence electrons. The third kappa shape index (κ3) is 3.16. The number of amides is 1. The van der Waals surface area contributed by atoms with Crippen LogP contribution in [0.3, 0.4) is 0 Å². The average Bonchev–Trinajstić information content (AvgIpc) is 3.17. The number of rotatable bonds is 4. The van der Waals surface area contributed by atoms with Crippen LogP contribution in [0.4, 0.5) is 13.2 Å². The normalized spacial score (nSPS) is 14.9. The molecule has 0 aliphatic heterocycles. The molecule has 0 spiro atoms. The quantitative estimate of drug-likeness (QED) is 0.806. The molecule has 1 aromatic carbocycles. The first-order valence-corrected chi connectivity index (χ1v) is 7.84. The molecule has 0 N–H and O–H groups in total. The van der Waals surface area contributed by atoms with Crippen molar-refractivity contribution in [2.24, 2.45) is 0 Å². The molecule has 1 saturated carbocycles. The predicted octanol–water partition coefficient (Wildman–Crippen LogP) is 4.57. The maximum Gasteiger partial charge on any atom is 0.416 e. The number of thiophene rings is 1. The maximum absolute atomic E-state index is 13.1. The number of hydrogen-bond acceptors (Lipinski definition) is 2. The Kier molecular flexibility index (Phi) is 3.95. The molecule has 1 aliphatic rings. The summed E-state index contributed by atoms with van der Waals surface area (Å²) < 4.78 is 39.3. The summed E-state index contributed by atoms with van der Waals surface area (Å²) in [6.45, 7) is -0.00289. The van der Waals surface area contributed by atoms with Gasteiger partial charge in [0.05, 0.1) is 10.4 Å². The number of carbonyl (C=O) groups is 1. The number of nitrogens with zero attached hydrogens (tertiary/aromatic N) is 1. The van der Waals surface area contributed by atoms with Crippen molar-refractivity contribution < 1.29 is 18.0 Å². The highest BCUT2D eigenvalue weighted by Crippen LogP contribution is 2.35. The van der Waals surface area contributed by atoms with Crippen LogP contribution in [-0.2, 0) is 12.7 Å². The van der Waals surface area contributed by atoms with Gasteiger partial charge in [-0.25, -0.2) is 0 Å². The van der Waals surface area contributed by atoms with Crippen LogP contribution in [0.15, 0.2) is 41.8 Å². The van der Waals surface area contributed by atoms with Gasteiger partial charge in [-0.3, -0.25) is 4.79 Å². The van der Waals surface area contributed by atoms with Crippen molar-refractivity contribution >= 4 is 17.2 Å². The highest BCUT2D eigenvalue weighted by molar-refractivity contribution is 7.12. The number of halogens is 3. The Hall–Kier alpha value is -1.82. The van der Waals surface area contributed by atoms with E-state index in [2.05, 4.69) is 0 Å². The second kappa shape index (κ2) is 5.76. The largest absolute Gasteiger partial charge is 0.416 e. The van der Waals surface area contributed by atoms with E-state index in [1.54, 1.807) is 28.5 Å². The van der Waals surface area contributed by atoms with Crippen LogP contribution in [-0.4, -0.2) is 16.8 Å². The predicted molar refractivity (Wildman–Crippen MR) is 78.7 cm³/mol. The molecule has 2 nitrogen and oxygen atoms in total. The van der Waals surface area contributed by atoms with E-state index < -0.39 is 11.7 Å². The molecule has 0 unspecified atom stereocenters. The molecule has 22 heavy (non-hydrogen) atoms. The molecule has 0 bridgehead atoms. The van der Waals surface area contributed by atoms with Crippen molar-refractivity contribution in [1.82, 2.24) is 4.90 Å². The lowest BCUT2D eigenvalue weighted by molar-refractivity contribution is -0.138. The molecule has 1 heterocycles. The lowest BCUT2D eigenvalue weighted by Crippen LogP contribution is -2.32. The fourth-order valence-electron chi connectivity index (χ4n) is 2.41. The standard InChI is InChI=1S/C16H14F3NOS/c17-16(18,19)13-5-2-1-4-11(13)10-20(12-7-8-12)15(21)14-6-3-9-22-14/h1-6,9,12H,7-8,10H2. The molecular formula is C16H14F3NOS. The van der Waals surface area contributed by atoms with Crippen molar-refractivity contribution in [3.8, 4) is 0 Å². The summed E-state index contributed by atoms with van der Waals surface area (Å²) in [4.78, 5) is 14.6. The second-order valence-corrected chi connectivity index (χ2v) is 6.24. The minimum Gasteiger partial charge on any atom is -0.331 e. The maximum atomic E-state index is 13.1. The zero-order valence-corrected chi connectivity index (χ0v) is 12.5. The first-order chi connectivity index (χ1) is 10.5. The summed E-state index contributed by atoms with van der Waals surface area (Å²) in [5.41, 5.74) is -0.522. The van der Waals surface area contributed by atoms with Crippen molar-refractivity contribution in [3.05, 3.63) is 57.8 Å². The van der Waals surface area contributed by atoms with Gasteiger partial charge in [-0.05, 0) is 35.9 Å². The topological polar surface area (TPSA) is 20.3 Å². The Balaban J connectivity index is 1.88. The number of alkyl halides is 3. The van der Waals surface area contributed by atoms with E-state index in [1.807, 2.05) is 0 Å². The fourth-order valence-corrected chi connectivity index (χ4v) is 3.09. The fraction of sp³-hybridized carbons (Fsp3) is 0.312. The van der Waals surface area contributed by atoms with Crippen molar-refractivity contribution in [3.63, 3.8) is 0 Å². The van der Waals surface area contributed by atoms with Gasteiger partial charge >= 0.3 is 6.18 Å². The Morgan fingerprint density at radius 2 is 1.91 bits per heavy atom. The number of hydrogen-bond donors (Lipinski definition) is 0. The summed E-state index contributed by atoms with van der Waals surface area (Å²) in [6, 6.07) is 8.98. The Bertz CT molecular complexity index is 662. The zero-order valence-electron chi connectivity index (χ0n) is 11.6. The highest BCUT2D eigenvalue weighted by Gasteiger charge is 2.37. The van der Waals surface area contributed by atoms with E-state index in [0.717, 1.165) is 18.9 Å². The minimum atomic E-state index is -4.40. The summed E-state index contributed by atoms with van der Waals surface area (Å²) in [6.07, 6.45) is -2.70. The van der Waals surface area contributed by atoms with Crippen molar-refractivity contribution in [2.75, 3.05) is 0 Å². The van der Waals surface area contributed by atoms with Crippen LogP contribution in [0.2, 0.25) is 0 Å². The molecule has 1 amide bonds. The van der Waals surface area contributed by atoms with Crippen molar-refractivity contribution in [1.29, 1.82) is 0 Å². The summed E-state index contributed by atoms with van der Waals surface area (Å²) >= 11 is 1.31. The monoisotopic (exact) mass is 325 g/mol. The van der Waals surface area contributed by atoms with E-state index >= 15 is 0 Å². The molecule has 2 aromatic rings. The first kappa shape index (κ1) is 15.1. The number of carbonyl (C=O) groups excluding carboxylic acids is 1. The van der Waals surface area contributed by atoms with Gasteiger partial charge in [-0.15, -0.1) is 11.3 Å². The summed E-state index contributed by atoms with van der Waals surface area (Å²) in [5.74, 6) is -0.186. The third-order valence-corrected chi connectivity index (χ3v) is 4.50. The van der Waals surface area contributed by atoms with E-state index in [1.165, 1.54) is 23.5 Å². The smallest absolute Gasteiger partial charge is 0.331 e. The lowest BCUT2D eigenvalue weighted by Gasteiger charge is -2.24. The van der Waals surface area contributed by atoms with Gasteiger partial charge in [0.2, 0.25) is 0 Å². The zero-order chi connectivity index (χ0) is 15.7. The van der Waals surface area contributed by atoms with Gasteiger partial charge in [0.25, 0.3) is 5.91 Å². The first-order valence-electron chi connectivity index (χ1n) is 6.96. The van der Waals surface area contributed by atoms with Gasteiger partial charge < -0.3 is 4.90 Å². The van der Waals surface area contributed by atoms with E-state index in [-0.39, 0.29) is 24.1 Å². The minimum absolute atomic E-state index is 0.00289. The molecular weight excluding hydrogens is 311 g/mol. The summed E-state index contributed by atoms with van der Waals surface area (Å²) in [5, 5.41) is 1.79. The van der Waals surface area contributed by atoms with Gasteiger partial charge in [0.15, 0.2) is 0 Å². The van der Waals surface area contributed by atoms with Crippen LogP contribution in [0.1, 0.15) is 33.6 Å². The average molecular weight is 325 g/mol. The SMILES string of the molecule is O=C(c1cccs1)N(Cc1ccccc1C(F)(F)F)C1CC1. The molecule has 0 atom stereocenters. The van der Waals surface area contributed by atoms with Gasteiger partial charge in [0.1, 0.15) is 0 Å². The molecule has 0 radical (unpaired) electrons. The third-order valence-electron chi connectivity index (χ3n) is 3.64. The molecule has 1 aromatic heterocycles. The van der Waals surface area contributed by atoms with Gasteiger partial charge in [-0.1, -0.05) is 24.3 Å². The Morgan fingerprint density at radius 3 is 2.50 bits per heavy atom. The Morgan fingerprint density at radius 1 is 1.18 bits per heavy atom. The van der Waals surface area contributed by atoms with E-state index in [9.17, 15) is 18.0 Å². The van der Waals surface area contributed by atoms with Gasteiger partial charge in [0, 0.05) is 12.6 Å². The molecule has 6 heteroatoms. The second-order valence-electron chi connectivity index (χ2n) is 5.30. The number of benzene rings is 1. The van der Waals surface area contributed by atoms with Crippen LogP contribution < -0.4 is 0 Å². The van der Waals surface area contributed by atoms with Crippen molar-refractivity contribution in [2.45, 2.75) is 31.6 Å². The van der Waals surface area contributed by atoms with Crippen LogP contribution >= 0.6 is 11.3 Å². The van der Waals surface area contributed by atoms with E-state index in [4.69, 9.17) is 0 Å². The van der Waals surface area contributed by atoms with Crippen LogP contribution in [0.5, 0.6) is 0 Å². The van der Waals surface area contributed by atoms with Crippen LogP contribution in [0.25, 0.3) is 0 Å². The highest BCUT2D eigenvalue weighted by atomic mass is 32.1. The molecule has 1 fully saturated rings. The Labute approximate surface area is 130 Å². The van der Waals surface area contributed by atoms with Gasteiger partial charge in [-0.2, -0.15) is 13.2 Å².